The van der Waals surface area contributed by atoms with E-state index in [1.165, 1.54) is 6.26 Å². The van der Waals surface area contributed by atoms with Crippen LogP contribution in [0.1, 0.15) is 13.8 Å². The van der Waals surface area contributed by atoms with E-state index in [2.05, 4.69) is 6.58 Å². The Labute approximate surface area is 74.3 Å². The smallest absolute Gasteiger partial charge is 0.113 e. The first-order valence-electron chi connectivity index (χ1n) is 4.23. The summed E-state index contributed by atoms with van der Waals surface area (Å²) in [6.45, 7) is 9.91. The average molecular weight is 174 g/mol. The molecule has 0 radical (unpaired) electrons. The van der Waals surface area contributed by atoms with Crippen LogP contribution >= 0.6 is 0 Å². The zero-order chi connectivity index (χ0) is 9.23. The summed E-state index contributed by atoms with van der Waals surface area (Å²) in [7, 11) is 0. The van der Waals surface area contributed by atoms with Gasteiger partial charge >= 0.3 is 0 Å². The fourth-order valence-corrected chi connectivity index (χ4v) is 0.704. The van der Waals surface area contributed by atoms with Crippen molar-refractivity contribution >= 4 is 0 Å². The zero-order valence-electron chi connectivity index (χ0n) is 7.91. The van der Waals surface area contributed by atoms with Crippen molar-refractivity contribution in [3.8, 4) is 0 Å². The molecule has 0 bridgehead atoms. The molecule has 0 aromatic carbocycles. The van der Waals surface area contributed by atoms with Gasteiger partial charge in [-0.25, -0.2) is 0 Å². The third-order valence-corrected chi connectivity index (χ3v) is 1.28. The highest BCUT2D eigenvalue weighted by atomic mass is 16.5. The molecule has 0 heterocycles. The summed E-state index contributed by atoms with van der Waals surface area (Å²) >= 11 is 0. The predicted octanol–water partition coefficient (Wildman–Crippen LogP) is 1.59. The minimum absolute atomic E-state index is 0.100. The highest BCUT2D eigenvalue weighted by Crippen LogP contribution is 1.91. The van der Waals surface area contributed by atoms with Crippen LogP contribution in [0, 0.1) is 0 Å². The molecular formula is C9H18O3. The van der Waals surface area contributed by atoms with Crippen LogP contribution in [0.5, 0.6) is 0 Å². The Bertz CT molecular complexity index is 104. The van der Waals surface area contributed by atoms with Crippen molar-refractivity contribution in [2.75, 3.05) is 26.4 Å². The fourth-order valence-electron chi connectivity index (χ4n) is 0.704. The molecule has 3 nitrogen and oxygen atoms in total. The van der Waals surface area contributed by atoms with Gasteiger partial charge < -0.3 is 14.2 Å². The molecule has 0 aromatic rings. The maximum absolute atomic E-state index is 5.35. The lowest BCUT2D eigenvalue weighted by molar-refractivity contribution is -0.0111. The molecule has 0 fully saturated rings. The van der Waals surface area contributed by atoms with Gasteiger partial charge in [0.1, 0.15) is 6.61 Å². The minimum atomic E-state index is 0.100. The zero-order valence-corrected chi connectivity index (χ0v) is 7.91. The summed E-state index contributed by atoms with van der Waals surface area (Å²) in [6.07, 6.45) is 1.52. The SMILES string of the molecule is C=COCC(C)OCCOCC. The molecule has 0 N–H and O–H groups in total. The van der Waals surface area contributed by atoms with Crippen LogP contribution in [0.15, 0.2) is 12.8 Å². The van der Waals surface area contributed by atoms with Gasteiger partial charge in [0.15, 0.2) is 0 Å². The van der Waals surface area contributed by atoms with Crippen LogP contribution in [-0.4, -0.2) is 32.5 Å². The lowest BCUT2D eigenvalue weighted by Gasteiger charge is -2.11. The Morgan fingerprint density at radius 3 is 2.75 bits per heavy atom. The lowest BCUT2D eigenvalue weighted by Crippen LogP contribution is -2.17. The van der Waals surface area contributed by atoms with Gasteiger partial charge in [0.25, 0.3) is 0 Å². The Kier molecular flexibility index (Phi) is 8.17. The lowest BCUT2D eigenvalue weighted by atomic mass is 10.4. The third-order valence-electron chi connectivity index (χ3n) is 1.28. The van der Waals surface area contributed by atoms with Crippen molar-refractivity contribution < 1.29 is 14.2 Å². The van der Waals surface area contributed by atoms with Gasteiger partial charge in [0.2, 0.25) is 0 Å². The summed E-state index contributed by atoms with van der Waals surface area (Å²) in [5.41, 5.74) is 0. The van der Waals surface area contributed by atoms with Gasteiger partial charge in [0, 0.05) is 6.61 Å². The molecule has 0 amide bonds. The Morgan fingerprint density at radius 1 is 1.42 bits per heavy atom. The molecule has 72 valence electrons. The van der Waals surface area contributed by atoms with Crippen LogP contribution in [0.4, 0.5) is 0 Å². The van der Waals surface area contributed by atoms with Gasteiger partial charge in [0.05, 0.1) is 25.6 Å². The van der Waals surface area contributed by atoms with Crippen molar-refractivity contribution in [3.05, 3.63) is 12.8 Å². The van der Waals surface area contributed by atoms with E-state index in [0.717, 1.165) is 6.61 Å². The number of hydrogen-bond donors (Lipinski definition) is 0. The average Bonchev–Trinajstić information content (AvgIpc) is 2.09. The van der Waals surface area contributed by atoms with Crippen LogP contribution in [-0.2, 0) is 14.2 Å². The molecule has 3 heteroatoms. The molecule has 0 aliphatic heterocycles. The van der Waals surface area contributed by atoms with E-state index in [0.29, 0.717) is 19.8 Å². The van der Waals surface area contributed by atoms with Gasteiger partial charge in [-0.1, -0.05) is 6.58 Å². The maximum Gasteiger partial charge on any atom is 0.113 e. The van der Waals surface area contributed by atoms with Crippen molar-refractivity contribution in [3.63, 3.8) is 0 Å². The molecule has 0 saturated heterocycles. The van der Waals surface area contributed by atoms with Gasteiger partial charge in [-0.3, -0.25) is 0 Å². The number of rotatable bonds is 8. The standard InChI is InChI=1S/C9H18O3/c1-4-10-6-7-12-9(3)8-11-5-2/h5,9H,2,4,6-8H2,1,3H3. The molecule has 1 atom stereocenters. The second-order valence-corrected chi connectivity index (χ2v) is 2.38. The number of ether oxygens (including phenoxy) is 3. The molecule has 12 heavy (non-hydrogen) atoms. The van der Waals surface area contributed by atoms with E-state index < -0.39 is 0 Å². The van der Waals surface area contributed by atoms with E-state index in [1.807, 2.05) is 13.8 Å². The van der Waals surface area contributed by atoms with Gasteiger partial charge in [-0.2, -0.15) is 0 Å². The van der Waals surface area contributed by atoms with Crippen molar-refractivity contribution in [1.82, 2.24) is 0 Å². The minimum Gasteiger partial charge on any atom is -0.499 e. The summed E-state index contributed by atoms with van der Waals surface area (Å²) < 4.78 is 15.4. The molecule has 0 spiro atoms. The summed E-state index contributed by atoms with van der Waals surface area (Å²) in [5.74, 6) is 0. The normalized spacial score (nSPS) is 12.5. The highest BCUT2D eigenvalue weighted by molar-refractivity contribution is 4.53. The third kappa shape index (κ3) is 7.57. The van der Waals surface area contributed by atoms with E-state index >= 15 is 0 Å². The van der Waals surface area contributed by atoms with Crippen LogP contribution in [0.2, 0.25) is 0 Å². The van der Waals surface area contributed by atoms with Crippen molar-refractivity contribution in [2.45, 2.75) is 20.0 Å². The van der Waals surface area contributed by atoms with Crippen molar-refractivity contribution in [1.29, 1.82) is 0 Å². The molecule has 0 aliphatic carbocycles. The second-order valence-electron chi connectivity index (χ2n) is 2.38. The molecule has 0 aliphatic rings. The molecular weight excluding hydrogens is 156 g/mol. The number of hydrogen-bond acceptors (Lipinski definition) is 3. The predicted molar refractivity (Wildman–Crippen MR) is 48.1 cm³/mol. The highest BCUT2D eigenvalue weighted by Gasteiger charge is 2.00. The Morgan fingerprint density at radius 2 is 2.17 bits per heavy atom. The van der Waals surface area contributed by atoms with E-state index in [-0.39, 0.29) is 6.10 Å². The van der Waals surface area contributed by atoms with Crippen LogP contribution < -0.4 is 0 Å². The van der Waals surface area contributed by atoms with Crippen LogP contribution in [0.3, 0.4) is 0 Å². The topological polar surface area (TPSA) is 27.7 Å². The van der Waals surface area contributed by atoms with Gasteiger partial charge in [-0.05, 0) is 13.8 Å². The second kappa shape index (κ2) is 8.56. The van der Waals surface area contributed by atoms with E-state index in [9.17, 15) is 0 Å². The largest absolute Gasteiger partial charge is 0.499 e. The summed E-state index contributed by atoms with van der Waals surface area (Å²) in [4.78, 5) is 0. The fraction of sp³-hybridized carbons (Fsp3) is 0.778. The first kappa shape index (κ1) is 11.5. The van der Waals surface area contributed by atoms with Gasteiger partial charge in [-0.15, -0.1) is 0 Å². The quantitative estimate of drug-likeness (QED) is 0.413. The monoisotopic (exact) mass is 174 g/mol. The van der Waals surface area contributed by atoms with Crippen LogP contribution in [0.25, 0.3) is 0 Å². The Hall–Kier alpha value is -0.540. The molecule has 1 unspecified atom stereocenters. The summed E-state index contributed by atoms with van der Waals surface area (Å²) in [6, 6.07) is 0. The molecule has 0 rings (SSSR count). The first-order valence-corrected chi connectivity index (χ1v) is 4.23. The maximum atomic E-state index is 5.35. The van der Waals surface area contributed by atoms with Crippen molar-refractivity contribution in [2.24, 2.45) is 0 Å². The molecule has 0 aromatic heterocycles. The Balaban J connectivity index is 3.07. The molecule has 0 saturated carbocycles. The summed E-state index contributed by atoms with van der Waals surface area (Å²) in [5, 5.41) is 0. The first-order chi connectivity index (χ1) is 5.81. The van der Waals surface area contributed by atoms with E-state index in [1.54, 1.807) is 0 Å². The van der Waals surface area contributed by atoms with E-state index in [4.69, 9.17) is 14.2 Å².